The van der Waals surface area contributed by atoms with Crippen molar-refractivity contribution < 1.29 is 4.79 Å². The van der Waals surface area contributed by atoms with E-state index in [2.05, 4.69) is 22.5 Å². The molecule has 4 nitrogen and oxygen atoms in total. The van der Waals surface area contributed by atoms with Crippen LogP contribution in [0.4, 0.5) is 0 Å². The highest BCUT2D eigenvalue weighted by Gasteiger charge is 2.27. The lowest BCUT2D eigenvalue weighted by molar-refractivity contribution is -0.122. The Balaban J connectivity index is 1.74. The summed E-state index contributed by atoms with van der Waals surface area (Å²) < 4.78 is 0. The zero-order valence-corrected chi connectivity index (χ0v) is 11.0. The number of amides is 1. The van der Waals surface area contributed by atoms with Gasteiger partial charge in [-0.15, -0.1) is 0 Å². The predicted molar refractivity (Wildman–Crippen MR) is 68.9 cm³/mol. The Kier molecular flexibility index (Phi) is 4.40. The molecule has 1 heterocycles. The van der Waals surface area contributed by atoms with Crippen molar-refractivity contribution in [3.8, 4) is 0 Å². The van der Waals surface area contributed by atoms with Crippen LogP contribution in [-0.2, 0) is 4.79 Å². The summed E-state index contributed by atoms with van der Waals surface area (Å²) >= 11 is 0. The molecule has 0 aromatic rings. The van der Waals surface area contributed by atoms with E-state index < -0.39 is 0 Å². The molecule has 2 N–H and O–H groups in total. The van der Waals surface area contributed by atoms with Crippen LogP contribution in [0.25, 0.3) is 0 Å². The topological polar surface area (TPSA) is 44.4 Å². The lowest BCUT2D eigenvalue weighted by Crippen LogP contribution is -2.47. The average Bonchev–Trinajstić information content (AvgIpc) is 3.12. The highest BCUT2D eigenvalue weighted by Crippen LogP contribution is 2.20. The van der Waals surface area contributed by atoms with Gasteiger partial charge in [0, 0.05) is 18.6 Å². The quantitative estimate of drug-likeness (QED) is 0.738. The van der Waals surface area contributed by atoms with Gasteiger partial charge < -0.3 is 10.6 Å². The number of carbonyl (C=O) groups excluding carboxylic acids is 1. The normalized spacial score (nSPS) is 27.8. The van der Waals surface area contributed by atoms with Crippen LogP contribution in [0.2, 0.25) is 0 Å². The maximum absolute atomic E-state index is 11.7. The van der Waals surface area contributed by atoms with E-state index in [0.717, 1.165) is 13.1 Å². The van der Waals surface area contributed by atoms with Crippen LogP contribution < -0.4 is 10.6 Å². The van der Waals surface area contributed by atoms with E-state index >= 15 is 0 Å². The molecule has 17 heavy (non-hydrogen) atoms. The monoisotopic (exact) mass is 239 g/mol. The molecule has 1 saturated carbocycles. The first-order valence-electron chi connectivity index (χ1n) is 6.88. The number of hydrogen-bond acceptors (Lipinski definition) is 3. The van der Waals surface area contributed by atoms with E-state index in [1.54, 1.807) is 0 Å². The van der Waals surface area contributed by atoms with Gasteiger partial charge in [0.15, 0.2) is 0 Å². The predicted octanol–water partition coefficient (Wildman–Crippen LogP) is 0.585. The van der Waals surface area contributed by atoms with E-state index in [1.807, 2.05) is 7.05 Å². The highest BCUT2D eigenvalue weighted by molar-refractivity contribution is 5.78. The van der Waals surface area contributed by atoms with Gasteiger partial charge in [0.2, 0.25) is 5.91 Å². The largest absolute Gasteiger partial charge is 0.352 e. The van der Waals surface area contributed by atoms with Crippen LogP contribution in [0, 0.1) is 5.92 Å². The number of piperidine rings is 1. The lowest BCUT2D eigenvalue weighted by atomic mass is 9.92. The summed E-state index contributed by atoms with van der Waals surface area (Å²) in [5.41, 5.74) is 0. The molecule has 1 amide bonds. The van der Waals surface area contributed by atoms with Gasteiger partial charge in [0.25, 0.3) is 0 Å². The zero-order chi connectivity index (χ0) is 12.3. The van der Waals surface area contributed by atoms with Gasteiger partial charge in [0.1, 0.15) is 0 Å². The number of hydrogen-bond donors (Lipinski definition) is 2. The molecule has 98 valence electrons. The van der Waals surface area contributed by atoms with Crippen molar-refractivity contribution in [1.82, 2.24) is 15.5 Å². The first kappa shape index (κ1) is 12.8. The molecule has 0 aromatic heterocycles. The average molecular weight is 239 g/mol. The second-order valence-electron chi connectivity index (χ2n) is 5.56. The van der Waals surface area contributed by atoms with Gasteiger partial charge in [-0.1, -0.05) is 0 Å². The Morgan fingerprint density at radius 2 is 2.18 bits per heavy atom. The van der Waals surface area contributed by atoms with Crippen molar-refractivity contribution in [3.05, 3.63) is 0 Å². The standard InChI is InChI=1S/C13H25N3O/c1-10(14-2)11-4-3-7-16(8-11)9-13(17)15-12-5-6-12/h10-12,14H,3-9H2,1-2H3,(H,15,17). The molecule has 0 bridgehead atoms. The van der Waals surface area contributed by atoms with Crippen molar-refractivity contribution >= 4 is 5.91 Å². The molecule has 0 aromatic carbocycles. The molecule has 1 aliphatic heterocycles. The van der Waals surface area contributed by atoms with Gasteiger partial charge in [-0.05, 0) is 52.1 Å². The molecule has 1 aliphatic carbocycles. The van der Waals surface area contributed by atoms with Crippen LogP contribution in [0.15, 0.2) is 0 Å². The van der Waals surface area contributed by atoms with E-state index in [4.69, 9.17) is 0 Å². The third-order valence-electron chi connectivity index (χ3n) is 4.01. The fraction of sp³-hybridized carbons (Fsp3) is 0.923. The van der Waals surface area contributed by atoms with Crippen LogP contribution in [0.5, 0.6) is 0 Å². The SMILES string of the molecule is CNC(C)C1CCCN(CC(=O)NC2CC2)C1. The third kappa shape index (κ3) is 3.96. The van der Waals surface area contributed by atoms with Gasteiger partial charge >= 0.3 is 0 Å². The first-order valence-corrected chi connectivity index (χ1v) is 6.88. The minimum Gasteiger partial charge on any atom is -0.352 e. The number of nitrogens with zero attached hydrogens (tertiary/aromatic N) is 1. The molecule has 2 rings (SSSR count). The molecule has 2 aliphatic rings. The lowest BCUT2D eigenvalue weighted by Gasteiger charge is -2.35. The van der Waals surface area contributed by atoms with E-state index in [9.17, 15) is 4.79 Å². The van der Waals surface area contributed by atoms with Crippen molar-refractivity contribution in [1.29, 1.82) is 0 Å². The van der Waals surface area contributed by atoms with Crippen molar-refractivity contribution in [2.24, 2.45) is 5.92 Å². The van der Waals surface area contributed by atoms with Gasteiger partial charge in [-0.25, -0.2) is 0 Å². The molecule has 2 unspecified atom stereocenters. The molecular formula is C13H25N3O. The summed E-state index contributed by atoms with van der Waals surface area (Å²) in [7, 11) is 2.02. The van der Waals surface area contributed by atoms with Gasteiger partial charge in [-0.3, -0.25) is 9.69 Å². The van der Waals surface area contributed by atoms with Gasteiger partial charge in [0.05, 0.1) is 6.54 Å². The molecule has 0 spiro atoms. The van der Waals surface area contributed by atoms with Gasteiger partial charge in [-0.2, -0.15) is 0 Å². The maximum atomic E-state index is 11.7. The van der Waals surface area contributed by atoms with Crippen LogP contribution in [-0.4, -0.2) is 49.6 Å². The Morgan fingerprint density at radius 3 is 2.82 bits per heavy atom. The molecule has 2 fully saturated rings. The summed E-state index contributed by atoms with van der Waals surface area (Å²) in [6.07, 6.45) is 4.84. The number of carbonyl (C=O) groups is 1. The minimum atomic E-state index is 0.213. The minimum absolute atomic E-state index is 0.213. The highest BCUT2D eigenvalue weighted by atomic mass is 16.2. The molecule has 0 radical (unpaired) electrons. The Labute approximate surface area is 104 Å². The fourth-order valence-electron chi connectivity index (χ4n) is 2.58. The van der Waals surface area contributed by atoms with Crippen LogP contribution >= 0.6 is 0 Å². The van der Waals surface area contributed by atoms with Crippen molar-refractivity contribution in [2.45, 2.75) is 44.7 Å². The maximum Gasteiger partial charge on any atom is 0.234 e. The van der Waals surface area contributed by atoms with Crippen molar-refractivity contribution in [3.63, 3.8) is 0 Å². The van der Waals surface area contributed by atoms with E-state index in [-0.39, 0.29) is 5.91 Å². The molecule has 4 heteroatoms. The third-order valence-corrected chi connectivity index (χ3v) is 4.01. The molecular weight excluding hydrogens is 214 g/mol. The van der Waals surface area contributed by atoms with Crippen LogP contribution in [0.3, 0.4) is 0 Å². The Morgan fingerprint density at radius 1 is 1.41 bits per heavy atom. The zero-order valence-electron chi connectivity index (χ0n) is 11.0. The van der Waals surface area contributed by atoms with Crippen LogP contribution in [0.1, 0.15) is 32.6 Å². The number of nitrogens with one attached hydrogen (secondary N) is 2. The summed E-state index contributed by atoms with van der Waals surface area (Å²) in [5.74, 6) is 0.896. The fourth-order valence-corrected chi connectivity index (χ4v) is 2.58. The summed E-state index contributed by atoms with van der Waals surface area (Å²) in [5, 5.41) is 6.39. The van der Waals surface area contributed by atoms with E-state index in [0.29, 0.717) is 24.5 Å². The Bertz CT molecular complexity index is 265. The first-order chi connectivity index (χ1) is 8.19. The number of rotatable bonds is 5. The Hall–Kier alpha value is -0.610. The smallest absolute Gasteiger partial charge is 0.234 e. The molecule has 1 saturated heterocycles. The second kappa shape index (κ2) is 5.83. The molecule has 2 atom stereocenters. The second-order valence-corrected chi connectivity index (χ2v) is 5.56. The summed E-state index contributed by atoms with van der Waals surface area (Å²) in [6, 6.07) is 1.03. The van der Waals surface area contributed by atoms with Crippen molar-refractivity contribution in [2.75, 3.05) is 26.7 Å². The summed E-state index contributed by atoms with van der Waals surface area (Å²) in [4.78, 5) is 14.0. The number of likely N-dealkylation sites (tertiary alicyclic amines) is 1. The van der Waals surface area contributed by atoms with E-state index in [1.165, 1.54) is 25.7 Å². The summed E-state index contributed by atoms with van der Waals surface area (Å²) in [6.45, 7) is 4.95.